The molecule has 1 aliphatic rings. The van der Waals surface area contributed by atoms with E-state index < -0.39 is 10.0 Å². The summed E-state index contributed by atoms with van der Waals surface area (Å²) in [4.78, 5) is 13.9. The molecule has 0 bridgehead atoms. The van der Waals surface area contributed by atoms with Crippen LogP contribution in [0.25, 0.3) is 0 Å². The highest BCUT2D eigenvalue weighted by atomic mass is 35.5. The zero-order chi connectivity index (χ0) is 19.1. The number of benzene rings is 2. The number of rotatable bonds is 5. The number of anilines is 1. The summed E-state index contributed by atoms with van der Waals surface area (Å²) in [6.07, 6.45) is 0. The van der Waals surface area contributed by atoms with Crippen LogP contribution in [-0.2, 0) is 23.1 Å². The summed E-state index contributed by atoms with van der Waals surface area (Å²) in [6, 6.07) is 10.2. The zero-order valence-corrected chi connectivity index (χ0v) is 16.5. The Hall–Kier alpha value is -1.89. The molecule has 2 aromatic rings. The monoisotopic (exact) mass is 392 g/mol. The molecule has 1 heterocycles. The molecule has 1 N–H and O–H groups in total. The van der Waals surface area contributed by atoms with E-state index in [2.05, 4.69) is 23.5 Å². The van der Waals surface area contributed by atoms with E-state index in [4.69, 9.17) is 11.6 Å². The number of carbonyl (C=O) groups excluding carboxylic acids is 1. The van der Waals surface area contributed by atoms with Crippen LogP contribution in [0, 0.1) is 0 Å². The van der Waals surface area contributed by atoms with Crippen LogP contribution in [0.1, 0.15) is 42.3 Å². The van der Waals surface area contributed by atoms with Crippen molar-refractivity contribution in [2.75, 3.05) is 4.72 Å². The van der Waals surface area contributed by atoms with Gasteiger partial charge in [0.25, 0.3) is 10.0 Å². The third kappa shape index (κ3) is 3.63. The Balaban J connectivity index is 1.94. The molecule has 0 aliphatic carbocycles. The average molecular weight is 393 g/mol. The molecule has 0 radical (unpaired) electrons. The van der Waals surface area contributed by atoms with E-state index in [9.17, 15) is 13.2 Å². The Morgan fingerprint density at radius 1 is 1.19 bits per heavy atom. The molecule has 0 spiro atoms. The van der Waals surface area contributed by atoms with Crippen molar-refractivity contribution < 1.29 is 13.2 Å². The fraction of sp³-hybridized carbons (Fsp3) is 0.316. The highest BCUT2D eigenvalue weighted by molar-refractivity contribution is 7.92. The molecule has 0 aromatic heterocycles. The minimum absolute atomic E-state index is 0.0171. The fourth-order valence-electron chi connectivity index (χ4n) is 3.05. The van der Waals surface area contributed by atoms with Gasteiger partial charge in [0.1, 0.15) is 0 Å². The van der Waals surface area contributed by atoms with Crippen molar-refractivity contribution >= 4 is 33.1 Å². The van der Waals surface area contributed by atoms with Gasteiger partial charge in [-0.25, -0.2) is 8.42 Å². The first-order chi connectivity index (χ1) is 12.2. The minimum atomic E-state index is -3.82. The van der Waals surface area contributed by atoms with Crippen molar-refractivity contribution in [2.24, 2.45) is 0 Å². The second-order valence-corrected chi connectivity index (χ2v) is 8.83. The van der Waals surface area contributed by atoms with Gasteiger partial charge in [0.05, 0.1) is 15.6 Å². The van der Waals surface area contributed by atoms with E-state index in [1.54, 1.807) is 6.07 Å². The molecule has 0 saturated heterocycles. The molecule has 0 unspecified atom stereocenters. The molecular formula is C19H21ClN2O3S. The predicted octanol–water partition coefficient (Wildman–Crippen LogP) is 4.07. The zero-order valence-electron chi connectivity index (χ0n) is 14.9. The standard InChI is InChI=1S/C19H21ClN2O3S/c1-12(2)22-10-14-5-4-6-19(17(14)11-22)21-26(24,25)15-7-8-18(20)16(9-15)13(3)23/h4-9,12,21H,10-11H2,1-3H3. The van der Waals surface area contributed by atoms with Crippen LogP contribution in [0.3, 0.4) is 0 Å². The molecule has 0 saturated carbocycles. The van der Waals surface area contributed by atoms with Gasteiger partial charge in [-0.05, 0) is 56.2 Å². The smallest absolute Gasteiger partial charge is 0.261 e. The molecule has 0 atom stereocenters. The van der Waals surface area contributed by atoms with Gasteiger partial charge in [-0.3, -0.25) is 14.4 Å². The van der Waals surface area contributed by atoms with E-state index in [0.29, 0.717) is 18.3 Å². The number of fused-ring (bicyclic) bond motifs is 1. The quantitative estimate of drug-likeness (QED) is 0.779. The lowest BCUT2D eigenvalue weighted by molar-refractivity contribution is 0.101. The SMILES string of the molecule is CC(=O)c1cc(S(=O)(=O)Nc2cccc3c2CN(C(C)C)C3)ccc1Cl. The number of nitrogens with zero attached hydrogens (tertiary/aromatic N) is 1. The molecule has 7 heteroatoms. The van der Waals surface area contributed by atoms with Crippen LogP contribution in [0.2, 0.25) is 5.02 Å². The van der Waals surface area contributed by atoms with Gasteiger partial charge in [-0.1, -0.05) is 23.7 Å². The van der Waals surface area contributed by atoms with Crippen LogP contribution in [-0.4, -0.2) is 25.1 Å². The van der Waals surface area contributed by atoms with E-state index >= 15 is 0 Å². The Bertz CT molecular complexity index is 971. The van der Waals surface area contributed by atoms with Gasteiger partial charge in [-0.15, -0.1) is 0 Å². The highest BCUT2D eigenvalue weighted by Gasteiger charge is 2.25. The van der Waals surface area contributed by atoms with Crippen molar-refractivity contribution in [3.8, 4) is 0 Å². The van der Waals surface area contributed by atoms with Crippen molar-refractivity contribution in [2.45, 2.75) is 44.8 Å². The van der Waals surface area contributed by atoms with Crippen molar-refractivity contribution in [1.82, 2.24) is 4.90 Å². The summed E-state index contributed by atoms with van der Waals surface area (Å²) in [5, 5.41) is 0.240. The number of hydrogen-bond acceptors (Lipinski definition) is 4. The topological polar surface area (TPSA) is 66.5 Å². The molecular weight excluding hydrogens is 372 g/mol. The second kappa shape index (κ2) is 7.02. The molecule has 0 amide bonds. The average Bonchev–Trinajstić information content (AvgIpc) is 3.00. The van der Waals surface area contributed by atoms with Gasteiger partial charge >= 0.3 is 0 Å². The van der Waals surface area contributed by atoms with Gasteiger partial charge < -0.3 is 0 Å². The maximum atomic E-state index is 12.8. The van der Waals surface area contributed by atoms with Crippen molar-refractivity contribution in [1.29, 1.82) is 0 Å². The summed E-state index contributed by atoms with van der Waals surface area (Å²) >= 11 is 5.98. The third-order valence-corrected chi connectivity index (χ3v) is 6.30. The Labute approximate surface area is 159 Å². The molecule has 2 aromatic carbocycles. The Morgan fingerprint density at radius 3 is 2.58 bits per heavy atom. The van der Waals surface area contributed by atoms with Crippen LogP contribution in [0.4, 0.5) is 5.69 Å². The van der Waals surface area contributed by atoms with Crippen LogP contribution in [0.15, 0.2) is 41.3 Å². The molecule has 26 heavy (non-hydrogen) atoms. The van der Waals surface area contributed by atoms with Crippen LogP contribution in [0.5, 0.6) is 0 Å². The molecule has 3 rings (SSSR count). The number of halogens is 1. The summed E-state index contributed by atoms with van der Waals surface area (Å²) < 4.78 is 28.3. The number of sulfonamides is 1. The lowest BCUT2D eigenvalue weighted by Crippen LogP contribution is -2.24. The largest absolute Gasteiger partial charge is 0.294 e. The van der Waals surface area contributed by atoms with Gasteiger partial charge in [0, 0.05) is 24.7 Å². The normalized spacial score (nSPS) is 14.5. The van der Waals surface area contributed by atoms with E-state index in [1.165, 1.54) is 25.1 Å². The lowest BCUT2D eigenvalue weighted by Gasteiger charge is -2.19. The summed E-state index contributed by atoms with van der Waals surface area (Å²) in [6.45, 7) is 7.10. The maximum absolute atomic E-state index is 12.8. The first kappa shape index (κ1) is 18.9. The fourth-order valence-corrected chi connectivity index (χ4v) is 4.42. The van der Waals surface area contributed by atoms with Gasteiger partial charge in [0.15, 0.2) is 5.78 Å². The second-order valence-electron chi connectivity index (χ2n) is 6.75. The predicted molar refractivity (Wildman–Crippen MR) is 103 cm³/mol. The Morgan fingerprint density at radius 2 is 1.92 bits per heavy atom. The highest BCUT2D eigenvalue weighted by Crippen LogP contribution is 2.32. The first-order valence-corrected chi connectivity index (χ1v) is 10.2. The number of carbonyl (C=O) groups is 1. The molecule has 0 fully saturated rings. The van der Waals surface area contributed by atoms with Gasteiger partial charge in [0.2, 0.25) is 0 Å². The first-order valence-electron chi connectivity index (χ1n) is 8.37. The summed E-state index contributed by atoms with van der Waals surface area (Å²) in [7, 11) is -3.82. The number of Topliss-reactive ketones (excluding diaryl/α,β-unsaturated/α-hetero) is 1. The van der Waals surface area contributed by atoms with E-state index in [0.717, 1.165) is 17.7 Å². The number of nitrogens with one attached hydrogen (secondary N) is 1. The van der Waals surface area contributed by atoms with Crippen LogP contribution < -0.4 is 4.72 Å². The lowest BCUT2D eigenvalue weighted by atomic mass is 10.1. The molecule has 1 aliphatic heterocycles. The number of hydrogen-bond donors (Lipinski definition) is 1. The Kier molecular flexibility index (Phi) is 5.10. The molecule has 138 valence electrons. The third-order valence-electron chi connectivity index (χ3n) is 4.61. The molecule has 5 nitrogen and oxygen atoms in total. The summed E-state index contributed by atoms with van der Waals surface area (Å²) in [5.74, 6) is -0.278. The summed E-state index contributed by atoms with van der Waals surface area (Å²) in [5.41, 5.74) is 2.88. The van der Waals surface area contributed by atoms with E-state index in [1.807, 2.05) is 12.1 Å². The minimum Gasteiger partial charge on any atom is -0.294 e. The number of ketones is 1. The van der Waals surface area contributed by atoms with E-state index in [-0.39, 0.29) is 21.3 Å². The van der Waals surface area contributed by atoms with Crippen molar-refractivity contribution in [3.63, 3.8) is 0 Å². The maximum Gasteiger partial charge on any atom is 0.261 e. The van der Waals surface area contributed by atoms with Crippen LogP contribution >= 0.6 is 11.6 Å². The van der Waals surface area contributed by atoms with Crippen molar-refractivity contribution in [3.05, 3.63) is 58.1 Å². The van der Waals surface area contributed by atoms with Gasteiger partial charge in [-0.2, -0.15) is 0 Å².